The van der Waals surface area contributed by atoms with Crippen LogP contribution in [0.3, 0.4) is 0 Å². The molecule has 1 saturated heterocycles. The molecular weight excluding hydrogens is 478 g/mol. The number of ether oxygens (including phenoxy) is 3. The molecule has 0 atom stereocenters. The molecule has 1 aliphatic rings. The molecule has 1 aliphatic heterocycles. The maximum absolute atomic E-state index is 6.60. The van der Waals surface area contributed by atoms with E-state index in [9.17, 15) is 0 Å². The summed E-state index contributed by atoms with van der Waals surface area (Å²) >= 11 is 1.85. The first kappa shape index (κ1) is 25.6. The van der Waals surface area contributed by atoms with E-state index in [1.54, 1.807) is 7.11 Å². The highest BCUT2D eigenvalue weighted by Gasteiger charge is 2.16. The molecule has 3 aromatic carbocycles. The van der Waals surface area contributed by atoms with Crippen LogP contribution in [0.1, 0.15) is 38.0 Å². The molecule has 1 fully saturated rings. The second-order valence-corrected chi connectivity index (χ2v) is 11.4. The Morgan fingerprint density at radius 1 is 0.838 bits per heavy atom. The number of likely N-dealkylation sites (tertiary alicyclic amines) is 1. The summed E-state index contributed by atoms with van der Waals surface area (Å²) in [7, 11) is 1.70. The van der Waals surface area contributed by atoms with Crippen molar-refractivity contribution in [3.8, 4) is 33.4 Å². The Morgan fingerprint density at radius 3 is 2.35 bits per heavy atom. The lowest BCUT2D eigenvalue weighted by molar-refractivity contribution is 0.183. The molecular formula is C32H37NO3S. The van der Waals surface area contributed by atoms with Gasteiger partial charge < -0.3 is 14.2 Å². The zero-order valence-electron chi connectivity index (χ0n) is 22.2. The van der Waals surface area contributed by atoms with Gasteiger partial charge in [0.2, 0.25) is 0 Å². The third-order valence-corrected chi connectivity index (χ3v) is 8.02. The first-order valence-electron chi connectivity index (χ1n) is 13.4. The fourth-order valence-corrected chi connectivity index (χ4v) is 6.18. The SMILES string of the molecule is COc1ccc2c(Oc3ccc(OCCN4CCCCC4)cc3)c(-c3ccc(CC(C)C)s3)ccc2c1. The van der Waals surface area contributed by atoms with Crippen LogP contribution in [0.4, 0.5) is 0 Å². The smallest absolute Gasteiger partial charge is 0.143 e. The molecule has 0 saturated carbocycles. The second-order valence-electron chi connectivity index (χ2n) is 10.2. The van der Waals surface area contributed by atoms with Crippen molar-refractivity contribution in [3.63, 3.8) is 0 Å². The van der Waals surface area contributed by atoms with E-state index in [1.807, 2.05) is 41.7 Å². The molecule has 5 heteroatoms. The number of piperidine rings is 1. The lowest BCUT2D eigenvalue weighted by Crippen LogP contribution is -2.33. The minimum absolute atomic E-state index is 0.631. The van der Waals surface area contributed by atoms with E-state index in [2.05, 4.69) is 55.1 Å². The van der Waals surface area contributed by atoms with Gasteiger partial charge in [-0.15, -0.1) is 11.3 Å². The van der Waals surface area contributed by atoms with E-state index < -0.39 is 0 Å². The average molecular weight is 516 g/mol. The van der Waals surface area contributed by atoms with Gasteiger partial charge >= 0.3 is 0 Å². The van der Waals surface area contributed by atoms with Crippen LogP contribution < -0.4 is 14.2 Å². The van der Waals surface area contributed by atoms with Gasteiger partial charge in [0.15, 0.2) is 0 Å². The van der Waals surface area contributed by atoms with E-state index in [0.29, 0.717) is 12.5 Å². The number of hydrogen-bond acceptors (Lipinski definition) is 5. The Labute approximate surface area is 224 Å². The molecule has 1 aromatic heterocycles. The number of hydrogen-bond donors (Lipinski definition) is 0. The van der Waals surface area contributed by atoms with Crippen LogP contribution in [0.25, 0.3) is 21.2 Å². The quantitative estimate of drug-likeness (QED) is 0.212. The Morgan fingerprint density at radius 2 is 1.59 bits per heavy atom. The molecule has 2 heterocycles. The molecule has 194 valence electrons. The van der Waals surface area contributed by atoms with Crippen molar-refractivity contribution in [2.75, 3.05) is 33.4 Å². The zero-order chi connectivity index (χ0) is 25.6. The molecule has 0 bridgehead atoms. The number of benzene rings is 3. The second kappa shape index (κ2) is 12.0. The fraction of sp³-hybridized carbons (Fsp3) is 0.375. The molecule has 5 rings (SSSR count). The number of methoxy groups -OCH3 is 1. The van der Waals surface area contributed by atoms with Crippen LogP contribution in [0, 0.1) is 5.92 Å². The highest BCUT2D eigenvalue weighted by molar-refractivity contribution is 7.15. The predicted molar refractivity (Wildman–Crippen MR) is 155 cm³/mol. The van der Waals surface area contributed by atoms with Crippen molar-refractivity contribution < 1.29 is 14.2 Å². The van der Waals surface area contributed by atoms with Crippen LogP contribution in [-0.4, -0.2) is 38.3 Å². The predicted octanol–water partition coefficient (Wildman–Crippen LogP) is 8.43. The summed E-state index contributed by atoms with van der Waals surface area (Å²) in [6.45, 7) is 8.61. The third kappa shape index (κ3) is 6.46. The summed E-state index contributed by atoms with van der Waals surface area (Å²) in [4.78, 5) is 5.12. The van der Waals surface area contributed by atoms with Crippen molar-refractivity contribution in [1.29, 1.82) is 0 Å². The van der Waals surface area contributed by atoms with Crippen LogP contribution >= 0.6 is 11.3 Å². The van der Waals surface area contributed by atoms with Gasteiger partial charge in [-0.3, -0.25) is 4.90 Å². The van der Waals surface area contributed by atoms with E-state index in [4.69, 9.17) is 14.2 Å². The average Bonchev–Trinajstić information content (AvgIpc) is 3.37. The van der Waals surface area contributed by atoms with Crippen molar-refractivity contribution in [2.45, 2.75) is 39.5 Å². The molecule has 4 aromatic rings. The lowest BCUT2D eigenvalue weighted by atomic mass is 10.0. The molecule has 0 spiro atoms. The van der Waals surface area contributed by atoms with Crippen LogP contribution in [0.15, 0.2) is 66.7 Å². The lowest BCUT2D eigenvalue weighted by Gasteiger charge is -2.26. The van der Waals surface area contributed by atoms with E-state index in [0.717, 1.165) is 52.3 Å². The molecule has 37 heavy (non-hydrogen) atoms. The molecule has 4 nitrogen and oxygen atoms in total. The zero-order valence-corrected chi connectivity index (χ0v) is 23.0. The Bertz CT molecular complexity index is 1310. The first-order chi connectivity index (χ1) is 18.1. The van der Waals surface area contributed by atoms with Crippen LogP contribution in [0.5, 0.6) is 23.0 Å². The molecule has 0 aliphatic carbocycles. The summed E-state index contributed by atoms with van der Waals surface area (Å²) in [5.74, 6) is 4.02. The summed E-state index contributed by atoms with van der Waals surface area (Å²) in [6.07, 6.45) is 5.06. The van der Waals surface area contributed by atoms with Crippen LogP contribution in [-0.2, 0) is 6.42 Å². The van der Waals surface area contributed by atoms with E-state index in [1.165, 1.54) is 42.1 Å². The minimum atomic E-state index is 0.631. The third-order valence-electron chi connectivity index (χ3n) is 6.88. The fourth-order valence-electron chi connectivity index (χ4n) is 4.94. The van der Waals surface area contributed by atoms with Gasteiger partial charge in [0, 0.05) is 27.2 Å². The minimum Gasteiger partial charge on any atom is -0.497 e. The number of rotatable bonds is 10. The van der Waals surface area contributed by atoms with Gasteiger partial charge in [0.05, 0.1) is 7.11 Å². The van der Waals surface area contributed by atoms with Crippen molar-refractivity contribution >= 4 is 22.1 Å². The summed E-state index contributed by atoms with van der Waals surface area (Å²) in [5.41, 5.74) is 1.11. The Kier molecular flexibility index (Phi) is 8.32. The maximum Gasteiger partial charge on any atom is 0.143 e. The Hall–Kier alpha value is -3.02. The Balaban J connectivity index is 1.37. The summed E-state index contributed by atoms with van der Waals surface area (Å²) in [5, 5.41) is 2.16. The highest BCUT2D eigenvalue weighted by Crippen LogP contribution is 2.43. The van der Waals surface area contributed by atoms with Gasteiger partial charge in [-0.25, -0.2) is 0 Å². The monoisotopic (exact) mass is 515 g/mol. The largest absolute Gasteiger partial charge is 0.497 e. The van der Waals surface area contributed by atoms with Crippen molar-refractivity contribution in [2.24, 2.45) is 5.92 Å². The maximum atomic E-state index is 6.60. The summed E-state index contributed by atoms with van der Waals surface area (Å²) < 4.78 is 18.1. The molecule has 0 unspecified atom stereocenters. The van der Waals surface area contributed by atoms with Gasteiger partial charge in [-0.1, -0.05) is 26.3 Å². The van der Waals surface area contributed by atoms with Gasteiger partial charge in [0.25, 0.3) is 0 Å². The molecule has 0 radical (unpaired) electrons. The standard InChI is InChI=1S/C32H37NO3S/c1-23(2)21-28-13-16-31(37-28)30-14-7-24-22-27(34-3)12-15-29(24)32(30)36-26-10-8-25(9-11-26)35-20-19-33-17-5-4-6-18-33/h7-16,22-23H,4-6,17-21H2,1-3H3. The van der Waals surface area contributed by atoms with Gasteiger partial charge in [0.1, 0.15) is 29.6 Å². The van der Waals surface area contributed by atoms with Gasteiger partial charge in [-0.2, -0.15) is 0 Å². The number of fused-ring (bicyclic) bond motifs is 1. The topological polar surface area (TPSA) is 30.9 Å². The van der Waals surface area contributed by atoms with Crippen molar-refractivity contribution in [1.82, 2.24) is 4.90 Å². The molecule has 0 N–H and O–H groups in total. The van der Waals surface area contributed by atoms with E-state index >= 15 is 0 Å². The summed E-state index contributed by atoms with van der Waals surface area (Å²) in [6, 6.07) is 22.9. The van der Waals surface area contributed by atoms with E-state index in [-0.39, 0.29) is 0 Å². The normalized spacial score (nSPS) is 14.3. The highest BCUT2D eigenvalue weighted by atomic mass is 32.1. The first-order valence-corrected chi connectivity index (χ1v) is 14.2. The number of nitrogens with zero attached hydrogens (tertiary/aromatic N) is 1. The van der Waals surface area contributed by atoms with Crippen LogP contribution in [0.2, 0.25) is 0 Å². The molecule has 0 amide bonds. The van der Waals surface area contributed by atoms with Crippen molar-refractivity contribution in [3.05, 3.63) is 71.6 Å². The number of thiophene rings is 1. The van der Waals surface area contributed by atoms with Gasteiger partial charge in [-0.05, 0) is 104 Å².